The molecule has 0 atom stereocenters. The number of halogens is 1. The molecular weight excluding hydrogens is 280 g/mol. The molecule has 0 saturated carbocycles. The molecule has 1 N–H and O–H groups in total. The highest BCUT2D eigenvalue weighted by Crippen LogP contribution is 2.27. The van der Waals surface area contributed by atoms with Gasteiger partial charge in [0, 0.05) is 41.7 Å². The molecule has 0 spiro atoms. The number of ether oxygens (including phenoxy) is 1. The van der Waals surface area contributed by atoms with Crippen LogP contribution in [-0.4, -0.2) is 25.2 Å². The molecule has 0 aliphatic carbocycles. The van der Waals surface area contributed by atoms with E-state index in [0.717, 1.165) is 35.2 Å². The minimum absolute atomic E-state index is 0.765. The average Bonchev–Trinajstić information content (AvgIpc) is 2.36. The molecule has 2 rings (SSSR count). The number of nitrogens with one attached hydrogen (secondary N) is 1. The molecule has 0 radical (unpaired) electrons. The Bertz CT molecular complexity index is 502. The summed E-state index contributed by atoms with van der Waals surface area (Å²) in [6, 6.07) is 8.15. The van der Waals surface area contributed by atoms with Gasteiger partial charge in [0.15, 0.2) is 0 Å². The van der Waals surface area contributed by atoms with Gasteiger partial charge in [0.05, 0.1) is 0 Å². The first-order chi connectivity index (χ1) is 8.33. The van der Waals surface area contributed by atoms with Crippen molar-refractivity contribution in [2.75, 3.05) is 25.6 Å². The summed E-state index contributed by atoms with van der Waals surface area (Å²) >= 11 is 3.55. The molecule has 0 saturated heterocycles. The van der Waals surface area contributed by atoms with Crippen LogP contribution in [0.4, 0.5) is 5.82 Å². The molecule has 0 amide bonds. The maximum atomic E-state index is 5.02. The van der Waals surface area contributed by atoms with Gasteiger partial charge in [0.25, 0.3) is 0 Å². The molecule has 0 fully saturated rings. The summed E-state index contributed by atoms with van der Waals surface area (Å²) in [5.74, 6) is 0.930. The summed E-state index contributed by atoms with van der Waals surface area (Å²) < 4.78 is 6.11. The monoisotopic (exact) mass is 294 g/mol. The van der Waals surface area contributed by atoms with Gasteiger partial charge in [-0.15, -0.1) is 0 Å². The van der Waals surface area contributed by atoms with Gasteiger partial charge >= 0.3 is 0 Å². The van der Waals surface area contributed by atoms with E-state index in [1.807, 2.05) is 24.4 Å². The molecule has 1 aromatic heterocycles. The van der Waals surface area contributed by atoms with Crippen LogP contribution < -0.4 is 5.32 Å². The van der Waals surface area contributed by atoms with Crippen LogP contribution >= 0.6 is 15.9 Å². The van der Waals surface area contributed by atoms with E-state index in [1.165, 1.54) is 5.39 Å². The Morgan fingerprint density at radius 1 is 1.29 bits per heavy atom. The largest absolute Gasteiger partial charge is 0.385 e. The summed E-state index contributed by atoms with van der Waals surface area (Å²) in [5, 5.41) is 5.65. The molecule has 0 bridgehead atoms. The smallest absolute Gasteiger partial charge is 0.133 e. The molecule has 2 aromatic rings. The summed E-state index contributed by atoms with van der Waals surface area (Å²) in [4.78, 5) is 4.37. The molecule has 90 valence electrons. The maximum absolute atomic E-state index is 5.02. The molecule has 1 heterocycles. The molecule has 0 aliphatic heterocycles. The van der Waals surface area contributed by atoms with Gasteiger partial charge in [0.2, 0.25) is 0 Å². The van der Waals surface area contributed by atoms with Gasteiger partial charge in [-0.3, -0.25) is 0 Å². The lowest BCUT2D eigenvalue weighted by atomic mass is 10.1. The number of pyridine rings is 1. The van der Waals surface area contributed by atoms with Crippen LogP contribution in [0.2, 0.25) is 0 Å². The van der Waals surface area contributed by atoms with Crippen molar-refractivity contribution in [2.24, 2.45) is 0 Å². The Morgan fingerprint density at radius 3 is 3.00 bits per heavy atom. The predicted octanol–water partition coefficient (Wildman–Crippen LogP) is 3.45. The standard InChI is InChI=1S/C13H15BrN2O/c1-17-9-3-7-15-13-11-4-2-5-12(14)10(11)6-8-16-13/h2,4-6,8H,3,7,9H2,1H3,(H,15,16). The van der Waals surface area contributed by atoms with Gasteiger partial charge in [-0.2, -0.15) is 0 Å². The number of methoxy groups -OCH3 is 1. The number of hydrogen-bond acceptors (Lipinski definition) is 3. The van der Waals surface area contributed by atoms with Crippen molar-refractivity contribution >= 4 is 32.5 Å². The minimum Gasteiger partial charge on any atom is -0.385 e. The summed E-state index contributed by atoms with van der Waals surface area (Å²) in [5.41, 5.74) is 0. The normalized spacial score (nSPS) is 10.7. The van der Waals surface area contributed by atoms with Crippen molar-refractivity contribution in [3.05, 3.63) is 34.9 Å². The number of fused-ring (bicyclic) bond motifs is 1. The van der Waals surface area contributed by atoms with Crippen molar-refractivity contribution < 1.29 is 4.74 Å². The van der Waals surface area contributed by atoms with E-state index < -0.39 is 0 Å². The zero-order valence-corrected chi connectivity index (χ0v) is 11.3. The number of aromatic nitrogens is 1. The Balaban J connectivity index is 2.19. The van der Waals surface area contributed by atoms with E-state index in [-0.39, 0.29) is 0 Å². The van der Waals surface area contributed by atoms with Gasteiger partial charge < -0.3 is 10.1 Å². The lowest BCUT2D eigenvalue weighted by Crippen LogP contribution is -2.06. The quantitative estimate of drug-likeness (QED) is 0.858. The Labute approximate surface area is 109 Å². The van der Waals surface area contributed by atoms with Crippen LogP contribution in [-0.2, 0) is 4.74 Å². The number of hydrogen-bond donors (Lipinski definition) is 1. The fraction of sp³-hybridized carbons (Fsp3) is 0.308. The topological polar surface area (TPSA) is 34.1 Å². The fourth-order valence-corrected chi connectivity index (χ4v) is 2.23. The van der Waals surface area contributed by atoms with Gasteiger partial charge in [-0.25, -0.2) is 4.98 Å². The first-order valence-corrected chi connectivity index (χ1v) is 6.38. The Morgan fingerprint density at radius 2 is 2.18 bits per heavy atom. The molecular formula is C13H15BrN2O. The highest BCUT2D eigenvalue weighted by Gasteiger charge is 2.03. The molecule has 3 nitrogen and oxygen atoms in total. The van der Waals surface area contributed by atoms with E-state index in [2.05, 4.69) is 32.3 Å². The molecule has 4 heteroatoms. The van der Waals surface area contributed by atoms with Crippen LogP contribution in [0.5, 0.6) is 0 Å². The lowest BCUT2D eigenvalue weighted by molar-refractivity contribution is 0.198. The Hall–Kier alpha value is -1.13. The maximum Gasteiger partial charge on any atom is 0.133 e. The van der Waals surface area contributed by atoms with Crippen molar-refractivity contribution in [1.29, 1.82) is 0 Å². The van der Waals surface area contributed by atoms with Gasteiger partial charge in [0.1, 0.15) is 5.82 Å². The van der Waals surface area contributed by atoms with Crippen molar-refractivity contribution in [2.45, 2.75) is 6.42 Å². The van der Waals surface area contributed by atoms with E-state index in [9.17, 15) is 0 Å². The molecule has 17 heavy (non-hydrogen) atoms. The van der Waals surface area contributed by atoms with E-state index >= 15 is 0 Å². The highest BCUT2D eigenvalue weighted by molar-refractivity contribution is 9.10. The third kappa shape index (κ3) is 2.96. The third-order valence-corrected chi connectivity index (χ3v) is 3.26. The third-order valence-electron chi connectivity index (χ3n) is 2.57. The summed E-state index contributed by atoms with van der Waals surface area (Å²) in [6.07, 6.45) is 2.80. The average molecular weight is 295 g/mol. The van der Waals surface area contributed by atoms with Gasteiger partial charge in [-0.1, -0.05) is 28.1 Å². The zero-order valence-electron chi connectivity index (χ0n) is 9.74. The number of rotatable bonds is 5. The second-order valence-electron chi connectivity index (χ2n) is 3.77. The summed E-state index contributed by atoms with van der Waals surface area (Å²) in [6.45, 7) is 1.63. The Kier molecular flexibility index (Phi) is 4.34. The van der Waals surface area contributed by atoms with E-state index in [0.29, 0.717) is 0 Å². The highest BCUT2D eigenvalue weighted by atomic mass is 79.9. The fourth-order valence-electron chi connectivity index (χ4n) is 1.73. The first-order valence-electron chi connectivity index (χ1n) is 5.59. The molecule has 0 aliphatic rings. The number of nitrogens with zero attached hydrogens (tertiary/aromatic N) is 1. The van der Waals surface area contributed by atoms with Gasteiger partial charge in [-0.05, 0) is 18.6 Å². The number of anilines is 1. The lowest BCUT2D eigenvalue weighted by Gasteiger charge is -2.09. The molecule has 0 unspecified atom stereocenters. The van der Waals surface area contributed by atoms with E-state index in [4.69, 9.17) is 4.74 Å². The predicted molar refractivity (Wildman–Crippen MR) is 74.4 cm³/mol. The van der Waals surface area contributed by atoms with Crippen molar-refractivity contribution in [3.63, 3.8) is 0 Å². The SMILES string of the molecule is COCCCNc1nccc2c(Br)cccc12. The molecule has 1 aromatic carbocycles. The first kappa shape index (κ1) is 12.3. The van der Waals surface area contributed by atoms with Crippen LogP contribution in [0.25, 0.3) is 10.8 Å². The van der Waals surface area contributed by atoms with Crippen LogP contribution in [0.3, 0.4) is 0 Å². The van der Waals surface area contributed by atoms with Crippen LogP contribution in [0.1, 0.15) is 6.42 Å². The van der Waals surface area contributed by atoms with Crippen molar-refractivity contribution in [1.82, 2.24) is 4.98 Å². The van der Waals surface area contributed by atoms with Crippen LogP contribution in [0, 0.1) is 0 Å². The van der Waals surface area contributed by atoms with E-state index in [1.54, 1.807) is 7.11 Å². The van der Waals surface area contributed by atoms with Crippen LogP contribution in [0.15, 0.2) is 34.9 Å². The summed E-state index contributed by atoms with van der Waals surface area (Å²) in [7, 11) is 1.72. The number of benzene rings is 1. The zero-order chi connectivity index (χ0) is 12.1. The minimum atomic E-state index is 0.765. The van der Waals surface area contributed by atoms with Crippen molar-refractivity contribution in [3.8, 4) is 0 Å². The second kappa shape index (κ2) is 5.98. The second-order valence-corrected chi connectivity index (χ2v) is 4.62.